The van der Waals surface area contributed by atoms with Crippen LogP contribution in [0, 0.1) is 0 Å². The summed E-state index contributed by atoms with van der Waals surface area (Å²) in [7, 11) is 0. The van der Waals surface area contributed by atoms with Crippen LogP contribution >= 0.6 is 0 Å². The Morgan fingerprint density at radius 2 is 1.80 bits per heavy atom. The van der Waals surface area contributed by atoms with E-state index in [4.69, 9.17) is 4.74 Å². The van der Waals surface area contributed by atoms with Crippen molar-refractivity contribution in [2.24, 2.45) is 0 Å². The maximum Gasteiger partial charge on any atom is 0.333 e. The number of nitrogens with zero attached hydrogens (tertiary/aromatic N) is 1. The standard InChI is InChI=1S/C17H25NO2/c1-6-18(7-2)16(15-11-9-8-10-12-15)14(5)20-17(19)13(3)4/h8-12,14,16H,3,6-7H2,1-2,4-5H3. The Kier molecular flexibility index (Phi) is 6.46. The third kappa shape index (κ3) is 4.20. The van der Waals surface area contributed by atoms with E-state index in [1.165, 1.54) is 5.56 Å². The van der Waals surface area contributed by atoms with Gasteiger partial charge in [0.1, 0.15) is 6.10 Å². The molecule has 0 heterocycles. The zero-order chi connectivity index (χ0) is 15.1. The van der Waals surface area contributed by atoms with Crippen LogP contribution in [0.5, 0.6) is 0 Å². The van der Waals surface area contributed by atoms with Crippen molar-refractivity contribution < 1.29 is 9.53 Å². The van der Waals surface area contributed by atoms with Gasteiger partial charge in [-0.3, -0.25) is 4.90 Å². The Balaban J connectivity index is 2.98. The second kappa shape index (κ2) is 7.85. The molecule has 20 heavy (non-hydrogen) atoms. The van der Waals surface area contributed by atoms with Crippen molar-refractivity contribution in [2.75, 3.05) is 13.1 Å². The normalized spacial score (nSPS) is 13.8. The van der Waals surface area contributed by atoms with Crippen molar-refractivity contribution in [2.45, 2.75) is 39.8 Å². The van der Waals surface area contributed by atoms with Crippen molar-refractivity contribution in [1.82, 2.24) is 4.90 Å². The van der Waals surface area contributed by atoms with Crippen LogP contribution in [0.3, 0.4) is 0 Å². The average molecular weight is 275 g/mol. The molecule has 110 valence electrons. The van der Waals surface area contributed by atoms with Crippen LogP contribution in [0.2, 0.25) is 0 Å². The van der Waals surface area contributed by atoms with E-state index < -0.39 is 0 Å². The molecule has 2 atom stereocenters. The molecule has 0 aromatic heterocycles. The van der Waals surface area contributed by atoms with Gasteiger partial charge in [-0.2, -0.15) is 0 Å². The number of ether oxygens (including phenoxy) is 1. The number of hydrogen-bond donors (Lipinski definition) is 0. The summed E-state index contributed by atoms with van der Waals surface area (Å²) >= 11 is 0. The third-order valence-corrected chi connectivity index (χ3v) is 3.43. The van der Waals surface area contributed by atoms with Crippen LogP contribution in [-0.4, -0.2) is 30.1 Å². The Labute approximate surface area is 122 Å². The number of rotatable bonds is 7. The van der Waals surface area contributed by atoms with Crippen molar-refractivity contribution in [3.8, 4) is 0 Å². The zero-order valence-electron chi connectivity index (χ0n) is 12.9. The van der Waals surface area contributed by atoms with E-state index in [1.54, 1.807) is 6.92 Å². The summed E-state index contributed by atoms with van der Waals surface area (Å²) in [6.45, 7) is 13.3. The van der Waals surface area contributed by atoms with Crippen molar-refractivity contribution in [3.63, 3.8) is 0 Å². The highest BCUT2D eigenvalue weighted by Crippen LogP contribution is 2.26. The minimum absolute atomic E-state index is 0.0644. The summed E-state index contributed by atoms with van der Waals surface area (Å²) in [4.78, 5) is 14.0. The van der Waals surface area contributed by atoms with Gasteiger partial charge in [-0.1, -0.05) is 50.8 Å². The molecule has 0 spiro atoms. The molecule has 0 N–H and O–H groups in total. The van der Waals surface area contributed by atoms with Crippen LogP contribution in [-0.2, 0) is 9.53 Å². The summed E-state index contributed by atoms with van der Waals surface area (Å²) < 4.78 is 5.53. The van der Waals surface area contributed by atoms with E-state index >= 15 is 0 Å². The van der Waals surface area contributed by atoms with E-state index in [1.807, 2.05) is 25.1 Å². The lowest BCUT2D eigenvalue weighted by Crippen LogP contribution is -2.37. The molecule has 0 aliphatic heterocycles. The smallest absolute Gasteiger partial charge is 0.333 e. The highest BCUT2D eigenvalue weighted by molar-refractivity contribution is 5.87. The summed E-state index contributed by atoms with van der Waals surface area (Å²) in [6, 6.07) is 10.2. The van der Waals surface area contributed by atoms with E-state index in [0.29, 0.717) is 5.57 Å². The Morgan fingerprint density at radius 3 is 2.25 bits per heavy atom. The van der Waals surface area contributed by atoms with Gasteiger partial charge in [-0.25, -0.2) is 4.79 Å². The first-order chi connectivity index (χ1) is 9.51. The molecule has 1 rings (SSSR count). The lowest BCUT2D eigenvalue weighted by atomic mass is 10.0. The fourth-order valence-corrected chi connectivity index (χ4v) is 2.38. The highest BCUT2D eigenvalue weighted by atomic mass is 16.5. The zero-order valence-corrected chi connectivity index (χ0v) is 12.9. The molecule has 0 bridgehead atoms. The first kappa shape index (κ1) is 16.4. The van der Waals surface area contributed by atoms with Gasteiger partial charge in [0.2, 0.25) is 0 Å². The quantitative estimate of drug-likeness (QED) is 0.563. The van der Waals surface area contributed by atoms with Gasteiger partial charge in [0, 0.05) is 5.57 Å². The number of carbonyl (C=O) groups excluding carboxylic acids is 1. The minimum atomic E-state index is -0.328. The fraction of sp³-hybridized carbons (Fsp3) is 0.471. The molecule has 2 unspecified atom stereocenters. The van der Waals surface area contributed by atoms with E-state index in [2.05, 4.69) is 37.5 Å². The maximum absolute atomic E-state index is 11.7. The molecular formula is C17H25NO2. The van der Waals surface area contributed by atoms with Gasteiger partial charge in [0.15, 0.2) is 0 Å². The van der Waals surface area contributed by atoms with E-state index in [0.717, 1.165) is 13.1 Å². The van der Waals surface area contributed by atoms with Crippen LogP contribution in [0.1, 0.15) is 39.3 Å². The van der Waals surface area contributed by atoms with E-state index in [9.17, 15) is 4.79 Å². The second-order valence-electron chi connectivity index (χ2n) is 4.97. The average Bonchev–Trinajstić information content (AvgIpc) is 2.45. The van der Waals surface area contributed by atoms with Gasteiger partial charge in [-0.05, 0) is 32.5 Å². The molecule has 3 heteroatoms. The van der Waals surface area contributed by atoms with Crippen molar-refractivity contribution in [3.05, 3.63) is 48.0 Å². The van der Waals surface area contributed by atoms with Gasteiger partial charge < -0.3 is 4.74 Å². The maximum atomic E-state index is 11.7. The minimum Gasteiger partial charge on any atom is -0.457 e. The SMILES string of the molecule is C=C(C)C(=O)OC(C)C(c1ccccc1)N(CC)CC. The lowest BCUT2D eigenvalue weighted by Gasteiger charge is -2.34. The van der Waals surface area contributed by atoms with Crippen LogP contribution < -0.4 is 0 Å². The number of hydrogen-bond acceptors (Lipinski definition) is 3. The van der Waals surface area contributed by atoms with Gasteiger partial charge in [0.05, 0.1) is 6.04 Å². The Morgan fingerprint density at radius 1 is 1.25 bits per heavy atom. The molecule has 3 nitrogen and oxygen atoms in total. The molecule has 0 amide bonds. The largest absolute Gasteiger partial charge is 0.457 e. The van der Waals surface area contributed by atoms with Crippen molar-refractivity contribution >= 4 is 5.97 Å². The molecule has 0 fully saturated rings. The fourth-order valence-electron chi connectivity index (χ4n) is 2.38. The second-order valence-corrected chi connectivity index (χ2v) is 4.97. The Hall–Kier alpha value is -1.61. The van der Waals surface area contributed by atoms with E-state index in [-0.39, 0.29) is 18.1 Å². The topological polar surface area (TPSA) is 29.5 Å². The predicted molar refractivity (Wildman–Crippen MR) is 82.5 cm³/mol. The monoisotopic (exact) mass is 275 g/mol. The molecule has 0 aliphatic carbocycles. The molecule has 0 aliphatic rings. The highest BCUT2D eigenvalue weighted by Gasteiger charge is 2.27. The first-order valence-corrected chi connectivity index (χ1v) is 7.16. The summed E-state index contributed by atoms with van der Waals surface area (Å²) in [5.74, 6) is -0.328. The van der Waals surface area contributed by atoms with Crippen LogP contribution in [0.25, 0.3) is 0 Å². The van der Waals surface area contributed by atoms with Crippen LogP contribution in [0.4, 0.5) is 0 Å². The summed E-state index contributed by atoms with van der Waals surface area (Å²) in [5.41, 5.74) is 1.60. The van der Waals surface area contributed by atoms with Gasteiger partial charge in [-0.15, -0.1) is 0 Å². The summed E-state index contributed by atoms with van der Waals surface area (Å²) in [6.07, 6.45) is -0.221. The number of likely N-dealkylation sites (N-methyl/N-ethyl adjacent to an activating group) is 1. The molecule has 0 saturated heterocycles. The van der Waals surface area contributed by atoms with Crippen LogP contribution in [0.15, 0.2) is 42.5 Å². The molecule has 0 saturated carbocycles. The lowest BCUT2D eigenvalue weighted by molar-refractivity contribution is -0.146. The molecule has 0 radical (unpaired) electrons. The molecule has 1 aromatic rings. The number of esters is 1. The predicted octanol–water partition coefficient (Wildman–Crippen LogP) is 3.58. The van der Waals surface area contributed by atoms with Gasteiger partial charge in [0.25, 0.3) is 0 Å². The van der Waals surface area contributed by atoms with Crippen molar-refractivity contribution in [1.29, 1.82) is 0 Å². The number of benzene rings is 1. The summed E-state index contributed by atoms with van der Waals surface area (Å²) in [5, 5.41) is 0. The molecule has 1 aromatic carbocycles. The molecular weight excluding hydrogens is 250 g/mol. The third-order valence-electron chi connectivity index (χ3n) is 3.43. The number of carbonyl (C=O) groups is 1. The van der Waals surface area contributed by atoms with Gasteiger partial charge >= 0.3 is 5.97 Å². The Bertz CT molecular complexity index is 438. The first-order valence-electron chi connectivity index (χ1n) is 7.16.